The number of Topliss-reactive ketones (excluding diaryl/α,β-unsaturated/α-hetero) is 3. The normalized spacial score (nSPS) is 16.3. The van der Waals surface area contributed by atoms with Crippen molar-refractivity contribution < 1.29 is 61.9 Å². The van der Waals surface area contributed by atoms with Crippen molar-refractivity contribution in [2.75, 3.05) is 45.3 Å². The van der Waals surface area contributed by atoms with Crippen molar-refractivity contribution in [3.8, 4) is 0 Å². The number of unbranched alkanes of at least 4 members (excludes halogenated alkanes) is 5. The second kappa shape index (κ2) is 33.6. The van der Waals surface area contributed by atoms with Crippen LogP contribution in [0.15, 0.2) is 42.9 Å². The zero-order valence-corrected chi connectivity index (χ0v) is 45.2. The van der Waals surface area contributed by atoms with Crippen LogP contribution in [0, 0.1) is 17.8 Å². The van der Waals surface area contributed by atoms with Crippen LogP contribution in [0.3, 0.4) is 0 Å². The van der Waals surface area contributed by atoms with Crippen LogP contribution in [0.1, 0.15) is 123 Å². The standard InChI is InChI=1S/C51H82N7O13PS/c1-35(2)28-44(56-51(65)45-19-15-23-58(45)48(62)20-24-69-26-27-70-25-21-54-50(64)43(52)33-73)47(61)30-40(49(63)55-36(3)46(60)31-42(37(4)59)38(5)71-72(66,67)68)29-41-32-53-34-57(41)22-14-9-7-6-8-11-16-39-17-12-10-13-18-39/h10,12-13,17-18,32,34-36,38,40,42-45,73H,6-9,11,14-16,19-31,33,52H2,1-5H3,(H,54,64)(H,55,63)(H,56,65)(H2,66,67,68)/t36-,38+,40+,42+,43-,44-,45-/m0/s1. The Morgan fingerprint density at radius 3 is 2.21 bits per heavy atom. The Hall–Kier alpha value is -4.34. The lowest BCUT2D eigenvalue weighted by atomic mass is 9.89. The molecule has 410 valence electrons. The van der Waals surface area contributed by atoms with Gasteiger partial charge in [0.15, 0.2) is 11.6 Å². The lowest BCUT2D eigenvalue weighted by Gasteiger charge is -2.28. The summed E-state index contributed by atoms with van der Waals surface area (Å²) in [5, 5.41) is 8.28. The SMILES string of the molecule is CC(=O)[C@@H](CC(=O)[C@H](C)NC(=O)[C@@H](CC(=O)[C@H](CC(C)C)NC(=O)[C@@H]1CCCN1C(=O)CCOCCOCCNC(=O)[C@@H](N)CS)Cc1cncn1CCCCCCCCc1ccccc1)[C@@H](C)OP(=O)(O)O. The van der Waals surface area contributed by atoms with E-state index in [-0.39, 0.29) is 82.1 Å². The Kier molecular flexibility index (Phi) is 28.9. The summed E-state index contributed by atoms with van der Waals surface area (Å²) in [6.07, 6.45) is 9.94. The highest BCUT2D eigenvalue weighted by Gasteiger charge is 2.38. The van der Waals surface area contributed by atoms with E-state index in [2.05, 4.69) is 57.8 Å². The molecule has 2 aromatic rings. The van der Waals surface area contributed by atoms with E-state index in [4.69, 9.17) is 19.7 Å². The number of likely N-dealkylation sites (tertiary alicyclic amines) is 1. The number of carbonyl (C=O) groups excluding carboxylic acids is 7. The molecule has 7 atom stereocenters. The maximum atomic E-state index is 14.4. The number of hydrogen-bond donors (Lipinski definition) is 7. The molecule has 2 heterocycles. The van der Waals surface area contributed by atoms with Crippen molar-refractivity contribution in [2.45, 2.75) is 161 Å². The van der Waals surface area contributed by atoms with Crippen molar-refractivity contribution >= 4 is 61.4 Å². The van der Waals surface area contributed by atoms with E-state index in [0.717, 1.165) is 44.9 Å². The van der Waals surface area contributed by atoms with Gasteiger partial charge in [-0.2, -0.15) is 12.6 Å². The van der Waals surface area contributed by atoms with E-state index in [1.807, 2.05) is 24.5 Å². The predicted octanol–water partition coefficient (Wildman–Crippen LogP) is 4.07. The molecule has 73 heavy (non-hydrogen) atoms. The minimum Gasteiger partial charge on any atom is -0.379 e. The Bertz CT molecular complexity index is 2090. The summed E-state index contributed by atoms with van der Waals surface area (Å²) in [7, 11) is -4.98. The van der Waals surface area contributed by atoms with Crippen LogP contribution in [-0.2, 0) is 71.5 Å². The number of carbonyl (C=O) groups is 7. The van der Waals surface area contributed by atoms with Gasteiger partial charge in [0.2, 0.25) is 23.6 Å². The fraction of sp³-hybridized carbons (Fsp3) is 0.686. The third kappa shape index (κ3) is 24.3. The smallest absolute Gasteiger partial charge is 0.379 e. The number of nitrogens with two attached hydrogens (primary N) is 1. The van der Waals surface area contributed by atoms with Crippen LogP contribution in [0.5, 0.6) is 0 Å². The zero-order valence-electron chi connectivity index (χ0n) is 43.4. The molecule has 7 N–H and O–H groups in total. The number of aryl methyl sites for hydroxylation is 2. The number of thiol groups is 1. The molecule has 22 heteroatoms. The molecule has 0 bridgehead atoms. The van der Waals surface area contributed by atoms with Gasteiger partial charge in [-0.25, -0.2) is 9.55 Å². The molecule has 1 aromatic carbocycles. The first-order valence-corrected chi connectivity index (χ1v) is 27.9. The third-order valence-corrected chi connectivity index (χ3v) is 13.9. The molecule has 1 fully saturated rings. The number of nitrogens with one attached hydrogen (secondary N) is 3. The molecule has 20 nitrogen and oxygen atoms in total. The van der Waals surface area contributed by atoms with Crippen LogP contribution in [0.25, 0.3) is 0 Å². The molecule has 0 spiro atoms. The minimum atomic E-state index is -4.98. The van der Waals surface area contributed by atoms with E-state index >= 15 is 0 Å². The number of rotatable bonds is 38. The average Bonchev–Trinajstić information content (AvgIpc) is 4.02. The number of phosphoric acid groups is 1. The largest absolute Gasteiger partial charge is 0.469 e. The number of benzene rings is 1. The molecule has 0 aliphatic carbocycles. The van der Waals surface area contributed by atoms with Crippen molar-refractivity contribution in [1.82, 2.24) is 30.4 Å². The van der Waals surface area contributed by atoms with E-state index in [1.54, 1.807) is 12.5 Å². The summed E-state index contributed by atoms with van der Waals surface area (Å²) in [6, 6.07) is 6.75. The van der Waals surface area contributed by atoms with Gasteiger partial charge in [-0.1, -0.05) is 69.9 Å². The molecular formula is C51H82N7O13PS. The third-order valence-electron chi connectivity index (χ3n) is 12.9. The Labute approximate surface area is 436 Å². The van der Waals surface area contributed by atoms with Gasteiger partial charge in [-0.15, -0.1) is 0 Å². The van der Waals surface area contributed by atoms with E-state index in [1.165, 1.54) is 31.2 Å². The van der Waals surface area contributed by atoms with E-state index in [0.29, 0.717) is 31.6 Å². The minimum absolute atomic E-state index is 0.0227. The van der Waals surface area contributed by atoms with Gasteiger partial charge in [0.25, 0.3) is 0 Å². The number of imidazole rings is 1. The van der Waals surface area contributed by atoms with Gasteiger partial charge in [-0.3, -0.25) is 38.1 Å². The highest BCUT2D eigenvalue weighted by molar-refractivity contribution is 7.80. The molecule has 4 amide bonds. The molecule has 0 unspecified atom stereocenters. The predicted molar refractivity (Wildman–Crippen MR) is 278 cm³/mol. The van der Waals surface area contributed by atoms with Crippen molar-refractivity contribution in [3.05, 3.63) is 54.1 Å². The van der Waals surface area contributed by atoms with Crippen molar-refractivity contribution in [3.63, 3.8) is 0 Å². The second-order valence-electron chi connectivity index (χ2n) is 19.4. The summed E-state index contributed by atoms with van der Waals surface area (Å²) >= 11 is 4.00. The molecule has 0 saturated carbocycles. The topological polar surface area (TPSA) is 288 Å². The van der Waals surface area contributed by atoms with Gasteiger partial charge < -0.3 is 50.4 Å². The summed E-state index contributed by atoms with van der Waals surface area (Å²) in [6.45, 7) is 9.77. The Morgan fingerprint density at radius 2 is 1.55 bits per heavy atom. The number of phosphoric ester groups is 1. The van der Waals surface area contributed by atoms with Gasteiger partial charge in [0.05, 0.1) is 75.2 Å². The fourth-order valence-corrected chi connectivity index (χ4v) is 9.49. The lowest BCUT2D eigenvalue weighted by Crippen LogP contribution is -2.52. The number of ether oxygens (including phenoxy) is 2. The van der Waals surface area contributed by atoms with Gasteiger partial charge in [-0.05, 0) is 70.8 Å². The number of ketones is 3. The van der Waals surface area contributed by atoms with Crippen molar-refractivity contribution in [2.24, 2.45) is 23.5 Å². The summed E-state index contributed by atoms with van der Waals surface area (Å²) in [5.74, 6) is -5.26. The summed E-state index contributed by atoms with van der Waals surface area (Å²) in [4.78, 5) is 118. The molecule has 1 aliphatic heterocycles. The zero-order chi connectivity index (χ0) is 53.9. The second-order valence-corrected chi connectivity index (χ2v) is 21.0. The van der Waals surface area contributed by atoms with Crippen LogP contribution < -0.4 is 21.7 Å². The molecular weight excluding hydrogens is 982 g/mol. The first kappa shape index (κ1) is 63.0. The average molecular weight is 1060 g/mol. The molecule has 1 saturated heterocycles. The van der Waals surface area contributed by atoms with Gasteiger partial charge in [0.1, 0.15) is 11.8 Å². The highest BCUT2D eigenvalue weighted by atomic mass is 32.1. The maximum Gasteiger partial charge on any atom is 0.469 e. The molecule has 3 rings (SSSR count). The van der Waals surface area contributed by atoms with Crippen LogP contribution >= 0.6 is 20.5 Å². The van der Waals surface area contributed by atoms with Crippen LogP contribution in [0.4, 0.5) is 0 Å². The molecule has 1 aromatic heterocycles. The highest BCUT2D eigenvalue weighted by Crippen LogP contribution is 2.39. The monoisotopic (exact) mass is 1060 g/mol. The van der Waals surface area contributed by atoms with Gasteiger partial charge in [0, 0.05) is 56.5 Å². The van der Waals surface area contributed by atoms with E-state index < -0.39 is 85.5 Å². The van der Waals surface area contributed by atoms with Gasteiger partial charge >= 0.3 is 7.82 Å². The summed E-state index contributed by atoms with van der Waals surface area (Å²) < 4.78 is 29.2. The Balaban J connectivity index is 1.67. The Morgan fingerprint density at radius 1 is 0.877 bits per heavy atom. The maximum absolute atomic E-state index is 14.4. The first-order valence-electron chi connectivity index (χ1n) is 25.7. The van der Waals surface area contributed by atoms with Crippen LogP contribution in [-0.4, -0.2) is 141 Å². The first-order chi connectivity index (χ1) is 34.7. The fourth-order valence-electron chi connectivity index (χ4n) is 8.75. The molecule has 1 aliphatic rings. The quantitative estimate of drug-likeness (QED) is 0.0284. The molecule has 0 radical (unpaired) electrons. The van der Waals surface area contributed by atoms with Crippen LogP contribution in [0.2, 0.25) is 0 Å². The number of hydrogen-bond acceptors (Lipinski definition) is 14. The number of amides is 4. The van der Waals surface area contributed by atoms with Crippen molar-refractivity contribution in [1.29, 1.82) is 0 Å². The lowest BCUT2D eigenvalue weighted by molar-refractivity contribution is -0.140. The number of aromatic nitrogens is 2. The number of nitrogens with zero attached hydrogens (tertiary/aromatic N) is 3. The summed E-state index contributed by atoms with van der Waals surface area (Å²) in [5.41, 5.74) is 7.66. The van der Waals surface area contributed by atoms with E-state index in [9.17, 15) is 47.9 Å².